The maximum Gasteiger partial charge on any atom is 0.372 e. The molecule has 0 aliphatic carbocycles. The maximum absolute atomic E-state index is 11.1. The first-order valence-corrected chi connectivity index (χ1v) is 5.11. The SMILES string of the molecule is O=C(O)C(=O)Cc1ccc2c(c1)CCOC2. The minimum absolute atomic E-state index is 0.0382. The van der Waals surface area contributed by atoms with Gasteiger partial charge < -0.3 is 9.84 Å². The van der Waals surface area contributed by atoms with E-state index in [-0.39, 0.29) is 6.42 Å². The van der Waals surface area contributed by atoms with Gasteiger partial charge in [-0.25, -0.2) is 4.79 Å². The van der Waals surface area contributed by atoms with Gasteiger partial charge in [0.25, 0.3) is 0 Å². The molecule has 0 fully saturated rings. The Morgan fingerprint density at radius 1 is 1.31 bits per heavy atom. The third kappa shape index (κ3) is 2.28. The molecule has 2 rings (SSSR count). The lowest BCUT2D eigenvalue weighted by Crippen LogP contribution is -2.16. The second-order valence-corrected chi connectivity index (χ2v) is 3.81. The number of ketones is 1. The van der Waals surface area contributed by atoms with Gasteiger partial charge >= 0.3 is 5.97 Å². The Morgan fingerprint density at radius 3 is 2.88 bits per heavy atom. The van der Waals surface area contributed by atoms with Crippen LogP contribution >= 0.6 is 0 Å². The Morgan fingerprint density at radius 2 is 2.12 bits per heavy atom. The molecule has 1 aliphatic rings. The topological polar surface area (TPSA) is 63.6 Å². The molecule has 1 aromatic carbocycles. The van der Waals surface area contributed by atoms with E-state index in [1.54, 1.807) is 6.07 Å². The van der Waals surface area contributed by atoms with Gasteiger partial charge in [0, 0.05) is 6.42 Å². The van der Waals surface area contributed by atoms with Crippen LogP contribution in [0.5, 0.6) is 0 Å². The van der Waals surface area contributed by atoms with Crippen LogP contribution in [0.2, 0.25) is 0 Å². The van der Waals surface area contributed by atoms with E-state index < -0.39 is 11.8 Å². The van der Waals surface area contributed by atoms with E-state index in [2.05, 4.69) is 0 Å². The fourth-order valence-electron chi connectivity index (χ4n) is 1.79. The van der Waals surface area contributed by atoms with Crippen molar-refractivity contribution in [1.29, 1.82) is 0 Å². The third-order valence-electron chi connectivity index (χ3n) is 2.65. The summed E-state index contributed by atoms with van der Waals surface area (Å²) >= 11 is 0. The van der Waals surface area contributed by atoms with Gasteiger partial charge in [0.1, 0.15) is 0 Å². The highest BCUT2D eigenvalue weighted by atomic mass is 16.5. The summed E-state index contributed by atoms with van der Waals surface area (Å²) in [6, 6.07) is 5.59. The number of aliphatic carboxylic acids is 1. The van der Waals surface area contributed by atoms with Crippen molar-refractivity contribution in [3.8, 4) is 0 Å². The van der Waals surface area contributed by atoms with Crippen LogP contribution in [0.4, 0.5) is 0 Å². The summed E-state index contributed by atoms with van der Waals surface area (Å²) in [5.74, 6) is -2.15. The fraction of sp³-hybridized carbons (Fsp3) is 0.333. The maximum atomic E-state index is 11.1. The fourth-order valence-corrected chi connectivity index (χ4v) is 1.79. The predicted octanol–water partition coefficient (Wildman–Crippen LogP) is 0.956. The van der Waals surface area contributed by atoms with Gasteiger partial charge in [-0.05, 0) is 23.1 Å². The number of fused-ring (bicyclic) bond motifs is 1. The van der Waals surface area contributed by atoms with Crippen LogP contribution in [-0.2, 0) is 33.8 Å². The second-order valence-electron chi connectivity index (χ2n) is 3.81. The highest BCUT2D eigenvalue weighted by Crippen LogP contribution is 2.18. The normalized spacial score (nSPS) is 14.2. The summed E-state index contributed by atoms with van der Waals surface area (Å²) in [6.07, 6.45) is 0.786. The minimum atomic E-state index is -1.37. The van der Waals surface area contributed by atoms with Crippen LogP contribution in [0.3, 0.4) is 0 Å². The molecule has 0 aromatic heterocycles. The van der Waals surface area contributed by atoms with E-state index in [0.717, 1.165) is 23.1 Å². The van der Waals surface area contributed by atoms with Crippen LogP contribution < -0.4 is 0 Å². The molecule has 1 N–H and O–H groups in total. The summed E-state index contributed by atoms with van der Waals surface area (Å²) in [5, 5.41) is 8.51. The molecule has 1 aliphatic heterocycles. The van der Waals surface area contributed by atoms with E-state index in [0.29, 0.717) is 13.2 Å². The molecular formula is C12H12O4. The highest BCUT2D eigenvalue weighted by molar-refractivity contribution is 6.33. The van der Waals surface area contributed by atoms with Gasteiger partial charge in [0.15, 0.2) is 0 Å². The smallest absolute Gasteiger partial charge is 0.372 e. The first-order valence-electron chi connectivity index (χ1n) is 5.11. The van der Waals surface area contributed by atoms with Crippen molar-refractivity contribution >= 4 is 11.8 Å². The van der Waals surface area contributed by atoms with E-state index in [1.165, 1.54) is 0 Å². The molecule has 84 valence electrons. The highest BCUT2D eigenvalue weighted by Gasteiger charge is 2.14. The number of Topliss-reactive ketones (excluding diaryl/α,β-unsaturated/α-hetero) is 1. The minimum Gasteiger partial charge on any atom is -0.475 e. The molecule has 0 radical (unpaired) electrons. The van der Waals surface area contributed by atoms with Gasteiger partial charge in [-0.2, -0.15) is 0 Å². The zero-order valence-corrected chi connectivity index (χ0v) is 8.73. The van der Waals surface area contributed by atoms with Crippen molar-refractivity contribution in [2.24, 2.45) is 0 Å². The van der Waals surface area contributed by atoms with E-state index in [9.17, 15) is 9.59 Å². The van der Waals surface area contributed by atoms with Crippen molar-refractivity contribution in [2.75, 3.05) is 6.61 Å². The first kappa shape index (κ1) is 10.8. The quantitative estimate of drug-likeness (QED) is 0.770. The van der Waals surface area contributed by atoms with Gasteiger partial charge in [-0.1, -0.05) is 18.2 Å². The number of hydrogen-bond acceptors (Lipinski definition) is 3. The van der Waals surface area contributed by atoms with Gasteiger partial charge in [0.05, 0.1) is 13.2 Å². The zero-order valence-electron chi connectivity index (χ0n) is 8.73. The number of carbonyl (C=O) groups is 2. The molecule has 0 unspecified atom stereocenters. The van der Waals surface area contributed by atoms with Crippen LogP contribution in [0.15, 0.2) is 18.2 Å². The Balaban J connectivity index is 2.17. The lowest BCUT2D eigenvalue weighted by atomic mass is 9.98. The largest absolute Gasteiger partial charge is 0.475 e. The predicted molar refractivity (Wildman–Crippen MR) is 56.1 cm³/mol. The number of carboxylic acid groups (broad SMARTS) is 1. The van der Waals surface area contributed by atoms with Gasteiger partial charge in [0.2, 0.25) is 5.78 Å². The van der Waals surface area contributed by atoms with Crippen LogP contribution in [0.25, 0.3) is 0 Å². The van der Waals surface area contributed by atoms with E-state index in [4.69, 9.17) is 9.84 Å². The van der Waals surface area contributed by atoms with Crippen molar-refractivity contribution < 1.29 is 19.4 Å². The van der Waals surface area contributed by atoms with E-state index >= 15 is 0 Å². The summed E-state index contributed by atoms with van der Waals surface area (Å²) in [7, 11) is 0. The second kappa shape index (κ2) is 4.45. The van der Waals surface area contributed by atoms with Crippen LogP contribution in [0.1, 0.15) is 16.7 Å². The lowest BCUT2D eigenvalue weighted by Gasteiger charge is -2.16. The van der Waals surface area contributed by atoms with Gasteiger partial charge in [-0.3, -0.25) is 4.79 Å². The van der Waals surface area contributed by atoms with Crippen molar-refractivity contribution in [2.45, 2.75) is 19.4 Å². The number of hydrogen-bond donors (Lipinski definition) is 1. The Labute approximate surface area is 92.8 Å². The van der Waals surface area contributed by atoms with Crippen molar-refractivity contribution in [3.05, 3.63) is 34.9 Å². The summed E-state index contributed by atoms with van der Waals surface area (Å²) in [4.78, 5) is 21.5. The van der Waals surface area contributed by atoms with E-state index in [1.807, 2.05) is 12.1 Å². The molecule has 0 atom stereocenters. The Kier molecular flexibility index (Phi) is 3.01. The average Bonchev–Trinajstić information content (AvgIpc) is 2.28. The zero-order chi connectivity index (χ0) is 11.5. The first-order chi connectivity index (χ1) is 7.66. The molecule has 4 heteroatoms. The molecule has 0 spiro atoms. The molecule has 4 nitrogen and oxygen atoms in total. The molecule has 0 saturated carbocycles. The Hall–Kier alpha value is -1.68. The monoisotopic (exact) mass is 220 g/mol. The summed E-state index contributed by atoms with van der Waals surface area (Å²) in [5.41, 5.74) is 3.03. The van der Waals surface area contributed by atoms with Crippen molar-refractivity contribution in [1.82, 2.24) is 0 Å². The molecule has 0 saturated heterocycles. The van der Waals surface area contributed by atoms with Crippen LogP contribution in [-0.4, -0.2) is 23.5 Å². The molecular weight excluding hydrogens is 208 g/mol. The van der Waals surface area contributed by atoms with Gasteiger partial charge in [-0.15, -0.1) is 0 Å². The molecule has 16 heavy (non-hydrogen) atoms. The molecule has 1 heterocycles. The number of carbonyl (C=O) groups excluding carboxylic acids is 1. The lowest BCUT2D eigenvalue weighted by molar-refractivity contribution is -0.148. The van der Waals surface area contributed by atoms with Crippen molar-refractivity contribution in [3.63, 3.8) is 0 Å². The summed E-state index contributed by atoms with van der Waals surface area (Å²) in [6.45, 7) is 1.28. The average molecular weight is 220 g/mol. The molecule has 0 amide bonds. The van der Waals surface area contributed by atoms with Crippen LogP contribution in [0, 0.1) is 0 Å². The summed E-state index contributed by atoms with van der Waals surface area (Å²) < 4.78 is 5.29. The molecule has 0 bridgehead atoms. The standard InChI is InChI=1S/C12H12O4/c13-11(12(14)15)6-8-1-2-10-7-16-4-3-9(10)5-8/h1-2,5H,3-4,6-7H2,(H,14,15). The third-order valence-corrected chi connectivity index (χ3v) is 2.65. The number of carboxylic acids is 1. The molecule has 1 aromatic rings. The number of rotatable bonds is 3. The Bertz CT molecular complexity index is 437. The number of benzene rings is 1. The number of ether oxygens (including phenoxy) is 1.